The molecule has 0 aliphatic heterocycles. The van der Waals surface area contributed by atoms with E-state index in [4.69, 9.17) is 23.7 Å². The van der Waals surface area contributed by atoms with Gasteiger partial charge in [0.25, 0.3) is 0 Å². The summed E-state index contributed by atoms with van der Waals surface area (Å²) in [5.41, 5.74) is 0. The van der Waals surface area contributed by atoms with Crippen LogP contribution < -0.4 is 23.7 Å². The molecule has 0 aromatic heterocycles. The van der Waals surface area contributed by atoms with Crippen molar-refractivity contribution in [1.29, 1.82) is 0 Å². The zero-order valence-electron chi connectivity index (χ0n) is 15.3. The van der Waals surface area contributed by atoms with Gasteiger partial charge in [0.1, 0.15) is 11.5 Å². The summed E-state index contributed by atoms with van der Waals surface area (Å²) in [7, 11) is 0. The van der Waals surface area contributed by atoms with Crippen molar-refractivity contribution >= 4 is 0 Å². The molecule has 2 aromatic rings. The predicted molar refractivity (Wildman–Crippen MR) is 97.6 cm³/mol. The Morgan fingerprint density at radius 3 is 1.28 bits per heavy atom. The molecule has 0 aliphatic rings. The third-order valence-corrected chi connectivity index (χ3v) is 3.27. The van der Waals surface area contributed by atoms with Crippen LogP contribution in [0.2, 0.25) is 0 Å². The summed E-state index contributed by atoms with van der Waals surface area (Å²) < 4.78 is 28.6. The Kier molecular flexibility index (Phi) is 7.26. The van der Waals surface area contributed by atoms with Gasteiger partial charge in [-0.25, -0.2) is 0 Å². The Bertz CT molecular complexity index is 612. The number of rotatable bonds is 10. The summed E-state index contributed by atoms with van der Waals surface area (Å²) in [5, 5.41) is 0. The summed E-state index contributed by atoms with van der Waals surface area (Å²) in [6.45, 7) is 9.99. The maximum atomic E-state index is 6.11. The number of benzene rings is 2. The second-order valence-electron chi connectivity index (χ2n) is 5.05. The van der Waals surface area contributed by atoms with Crippen molar-refractivity contribution in [3.8, 4) is 34.5 Å². The minimum absolute atomic E-state index is 0.543. The zero-order chi connectivity index (χ0) is 18.1. The van der Waals surface area contributed by atoms with Crippen LogP contribution in [0, 0.1) is 0 Å². The number of hydrogen-bond acceptors (Lipinski definition) is 5. The SMILES string of the molecule is CCOc1ccc(OCC)c(Oc2cc(OCC)ccc2OCC)c1. The van der Waals surface area contributed by atoms with Crippen LogP contribution in [0.15, 0.2) is 36.4 Å². The monoisotopic (exact) mass is 346 g/mol. The van der Waals surface area contributed by atoms with Crippen molar-refractivity contribution in [2.24, 2.45) is 0 Å². The lowest BCUT2D eigenvalue weighted by Crippen LogP contribution is -2.00. The maximum absolute atomic E-state index is 6.11. The first-order valence-electron chi connectivity index (χ1n) is 8.68. The van der Waals surface area contributed by atoms with E-state index in [0.29, 0.717) is 49.4 Å². The fourth-order valence-corrected chi connectivity index (χ4v) is 2.32. The maximum Gasteiger partial charge on any atom is 0.173 e. The van der Waals surface area contributed by atoms with Crippen LogP contribution in [0.4, 0.5) is 0 Å². The molecule has 0 unspecified atom stereocenters. The molecule has 0 aliphatic carbocycles. The quantitative estimate of drug-likeness (QED) is 0.601. The minimum atomic E-state index is 0.543. The van der Waals surface area contributed by atoms with Gasteiger partial charge in [0.15, 0.2) is 23.0 Å². The lowest BCUT2D eigenvalue weighted by molar-refractivity contribution is 0.297. The molecule has 0 amide bonds. The Morgan fingerprint density at radius 1 is 0.520 bits per heavy atom. The van der Waals surface area contributed by atoms with E-state index in [1.807, 2.05) is 64.1 Å². The van der Waals surface area contributed by atoms with Crippen molar-refractivity contribution in [1.82, 2.24) is 0 Å². The van der Waals surface area contributed by atoms with Crippen LogP contribution in [0.3, 0.4) is 0 Å². The van der Waals surface area contributed by atoms with Gasteiger partial charge in [0.2, 0.25) is 0 Å². The molecule has 0 radical (unpaired) electrons. The number of ether oxygens (including phenoxy) is 5. The van der Waals surface area contributed by atoms with E-state index >= 15 is 0 Å². The van der Waals surface area contributed by atoms with Gasteiger partial charge in [-0.2, -0.15) is 0 Å². The molecular formula is C20H26O5. The third-order valence-electron chi connectivity index (χ3n) is 3.27. The first-order chi connectivity index (χ1) is 12.2. The lowest BCUT2D eigenvalue weighted by atomic mass is 10.2. The third kappa shape index (κ3) is 5.21. The summed E-state index contributed by atoms with van der Waals surface area (Å²) in [6.07, 6.45) is 0. The first-order valence-corrected chi connectivity index (χ1v) is 8.68. The van der Waals surface area contributed by atoms with Crippen molar-refractivity contribution in [2.75, 3.05) is 26.4 Å². The molecular weight excluding hydrogens is 320 g/mol. The van der Waals surface area contributed by atoms with Gasteiger partial charge in [-0.05, 0) is 52.0 Å². The summed E-state index contributed by atoms with van der Waals surface area (Å²) in [6, 6.07) is 11.0. The van der Waals surface area contributed by atoms with Crippen LogP contribution >= 0.6 is 0 Å². The van der Waals surface area contributed by atoms with Crippen LogP contribution in [0.25, 0.3) is 0 Å². The van der Waals surface area contributed by atoms with E-state index in [1.54, 1.807) is 0 Å². The van der Waals surface area contributed by atoms with Crippen molar-refractivity contribution in [2.45, 2.75) is 27.7 Å². The molecule has 0 heterocycles. The molecule has 0 atom stereocenters. The average molecular weight is 346 g/mol. The standard InChI is InChI=1S/C20H26O5/c1-5-21-15-9-11-17(23-7-3)19(13-15)25-20-14-16(22-6-2)10-12-18(20)24-8-4/h9-14H,5-8H2,1-4H3. The van der Waals surface area contributed by atoms with Crippen molar-refractivity contribution in [3.63, 3.8) is 0 Å². The van der Waals surface area contributed by atoms with Crippen molar-refractivity contribution in [3.05, 3.63) is 36.4 Å². The summed E-state index contributed by atoms with van der Waals surface area (Å²) in [4.78, 5) is 0. The van der Waals surface area contributed by atoms with Crippen LogP contribution in [-0.4, -0.2) is 26.4 Å². The Labute approximate surface area is 149 Å². The van der Waals surface area contributed by atoms with Crippen LogP contribution in [-0.2, 0) is 0 Å². The van der Waals surface area contributed by atoms with E-state index in [9.17, 15) is 0 Å². The highest BCUT2D eigenvalue weighted by Gasteiger charge is 2.13. The van der Waals surface area contributed by atoms with Gasteiger partial charge in [-0.1, -0.05) is 0 Å². The molecule has 0 spiro atoms. The molecule has 136 valence electrons. The molecule has 5 heteroatoms. The molecule has 2 rings (SSSR count). The first kappa shape index (κ1) is 18.8. The molecule has 25 heavy (non-hydrogen) atoms. The van der Waals surface area contributed by atoms with Crippen LogP contribution in [0.5, 0.6) is 34.5 Å². The van der Waals surface area contributed by atoms with Gasteiger partial charge < -0.3 is 23.7 Å². The van der Waals surface area contributed by atoms with E-state index in [-0.39, 0.29) is 0 Å². The highest BCUT2D eigenvalue weighted by atomic mass is 16.5. The number of hydrogen-bond donors (Lipinski definition) is 0. The van der Waals surface area contributed by atoms with E-state index in [1.165, 1.54) is 0 Å². The largest absolute Gasteiger partial charge is 0.494 e. The normalized spacial score (nSPS) is 10.2. The van der Waals surface area contributed by atoms with E-state index in [0.717, 1.165) is 11.5 Å². The molecule has 5 nitrogen and oxygen atoms in total. The van der Waals surface area contributed by atoms with Gasteiger partial charge >= 0.3 is 0 Å². The van der Waals surface area contributed by atoms with Gasteiger partial charge in [-0.3, -0.25) is 0 Å². The highest BCUT2D eigenvalue weighted by molar-refractivity contribution is 5.52. The zero-order valence-corrected chi connectivity index (χ0v) is 15.3. The molecule has 0 N–H and O–H groups in total. The second-order valence-corrected chi connectivity index (χ2v) is 5.05. The lowest BCUT2D eigenvalue weighted by Gasteiger charge is -2.16. The Hall–Kier alpha value is -2.56. The fourth-order valence-electron chi connectivity index (χ4n) is 2.32. The van der Waals surface area contributed by atoms with Crippen molar-refractivity contribution < 1.29 is 23.7 Å². The van der Waals surface area contributed by atoms with Crippen LogP contribution in [0.1, 0.15) is 27.7 Å². The van der Waals surface area contributed by atoms with Gasteiger partial charge in [0, 0.05) is 12.1 Å². The molecule has 0 saturated carbocycles. The Balaban J connectivity index is 2.38. The highest BCUT2D eigenvalue weighted by Crippen LogP contribution is 2.40. The fraction of sp³-hybridized carbons (Fsp3) is 0.400. The molecule has 0 bridgehead atoms. The molecule has 2 aromatic carbocycles. The Morgan fingerprint density at radius 2 is 0.920 bits per heavy atom. The molecule has 0 fully saturated rings. The summed E-state index contributed by atoms with van der Waals surface area (Å²) in [5.74, 6) is 3.88. The minimum Gasteiger partial charge on any atom is -0.494 e. The average Bonchev–Trinajstić information content (AvgIpc) is 2.60. The predicted octanol–water partition coefficient (Wildman–Crippen LogP) is 5.07. The second kappa shape index (κ2) is 9.67. The smallest absolute Gasteiger partial charge is 0.173 e. The molecule has 0 saturated heterocycles. The van der Waals surface area contributed by atoms with Gasteiger partial charge in [0.05, 0.1) is 26.4 Å². The van der Waals surface area contributed by atoms with E-state index in [2.05, 4.69) is 0 Å². The van der Waals surface area contributed by atoms with E-state index < -0.39 is 0 Å². The topological polar surface area (TPSA) is 46.2 Å². The summed E-state index contributed by atoms with van der Waals surface area (Å²) >= 11 is 0. The van der Waals surface area contributed by atoms with Gasteiger partial charge in [-0.15, -0.1) is 0 Å².